The number of hydrogen-bond acceptors (Lipinski definition) is 4. The molecule has 0 spiro atoms. The third-order valence-electron chi connectivity index (χ3n) is 2.42. The molecule has 1 aromatic heterocycles. The van der Waals surface area contributed by atoms with Crippen LogP contribution in [0.1, 0.15) is 10.6 Å². The normalized spacial score (nSPS) is 10.0. The molecular weight excluding hydrogens is 220 g/mol. The first kappa shape index (κ1) is 11.3. The first-order valence-electron chi connectivity index (χ1n) is 5.06. The summed E-state index contributed by atoms with van der Waals surface area (Å²) >= 11 is 0. The van der Waals surface area contributed by atoms with Gasteiger partial charge in [0.25, 0.3) is 0 Å². The molecule has 0 fully saturated rings. The van der Waals surface area contributed by atoms with E-state index in [-0.39, 0.29) is 5.76 Å². The van der Waals surface area contributed by atoms with Gasteiger partial charge in [0.05, 0.1) is 19.8 Å². The summed E-state index contributed by atoms with van der Waals surface area (Å²) in [6.07, 6.45) is 0.666. The molecule has 0 atom stereocenters. The Bertz CT molecular complexity index is 528. The Morgan fingerprint density at radius 2 is 1.94 bits per heavy atom. The Morgan fingerprint density at radius 3 is 2.53 bits per heavy atom. The summed E-state index contributed by atoms with van der Waals surface area (Å²) in [6.45, 7) is 0. The number of rotatable bonds is 4. The number of methoxy groups -OCH3 is 2. The maximum atomic E-state index is 10.6. The van der Waals surface area contributed by atoms with Gasteiger partial charge in [-0.3, -0.25) is 4.79 Å². The molecule has 4 heteroatoms. The Labute approximate surface area is 98.8 Å². The maximum Gasteiger partial charge on any atom is 0.185 e. The van der Waals surface area contributed by atoms with Gasteiger partial charge >= 0.3 is 0 Å². The zero-order valence-electron chi connectivity index (χ0n) is 9.60. The molecule has 0 radical (unpaired) electrons. The van der Waals surface area contributed by atoms with Crippen molar-refractivity contribution in [2.45, 2.75) is 0 Å². The third-order valence-corrected chi connectivity index (χ3v) is 2.42. The van der Waals surface area contributed by atoms with Gasteiger partial charge in [0.15, 0.2) is 12.0 Å². The average Bonchev–Trinajstić information content (AvgIpc) is 2.86. The summed E-state index contributed by atoms with van der Waals surface area (Å²) in [5.74, 6) is 2.22. The fraction of sp³-hybridized carbons (Fsp3) is 0.154. The van der Waals surface area contributed by atoms with Gasteiger partial charge in [0, 0.05) is 6.07 Å². The summed E-state index contributed by atoms with van der Waals surface area (Å²) in [5.41, 5.74) is 0.779. The quantitative estimate of drug-likeness (QED) is 0.760. The first-order chi connectivity index (χ1) is 8.28. The number of benzene rings is 1. The lowest BCUT2D eigenvalue weighted by Gasteiger charge is -2.08. The van der Waals surface area contributed by atoms with Crippen molar-refractivity contribution in [3.05, 3.63) is 36.1 Å². The van der Waals surface area contributed by atoms with Crippen LogP contribution in [0.25, 0.3) is 11.3 Å². The van der Waals surface area contributed by atoms with Crippen molar-refractivity contribution in [3.63, 3.8) is 0 Å². The van der Waals surface area contributed by atoms with E-state index in [1.807, 2.05) is 6.07 Å². The molecule has 88 valence electrons. The van der Waals surface area contributed by atoms with Crippen molar-refractivity contribution in [2.24, 2.45) is 0 Å². The molecule has 0 saturated carbocycles. The van der Waals surface area contributed by atoms with Crippen LogP contribution < -0.4 is 9.47 Å². The van der Waals surface area contributed by atoms with E-state index in [4.69, 9.17) is 13.9 Å². The van der Waals surface area contributed by atoms with Crippen molar-refractivity contribution in [1.82, 2.24) is 0 Å². The summed E-state index contributed by atoms with van der Waals surface area (Å²) in [4.78, 5) is 10.6. The monoisotopic (exact) mass is 232 g/mol. The number of hydrogen-bond donors (Lipinski definition) is 0. The highest BCUT2D eigenvalue weighted by molar-refractivity contribution is 5.74. The molecule has 1 aromatic carbocycles. The van der Waals surface area contributed by atoms with E-state index >= 15 is 0 Å². The van der Waals surface area contributed by atoms with Gasteiger partial charge in [-0.1, -0.05) is 0 Å². The standard InChI is InChI=1S/C13H12O4/c1-15-9-3-5-11(13(7-9)16-2)12-6-4-10(8-14)17-12/h3-8H,1-2H3. The summed E-state index contributed by atoms with van der Waals surface area (Å²) in [5, 5.41) is 0. The molecule has 17 heavy (non-hydrogen) atoms. The topological polar surface area (TPSA) is 48.7 Å². The van der Waals surface area contributed by atoms with Gasteiger partial charge < -0.3 is 13.9 Å². The molecule has 0 aliphatic carbocycles. The van der Waals surface area contributed by atoms with E-state index in [1.165, 1.54) is 0 Å². The van der Waals surface area contributed by atoms with Crippen LogP contribution >= 0.6 is 0 Å². The zero-order valence-corrected chi connectivity index (χ0v) is 9.60. The largest absolute Gasteiger partial charge is 0.497 e. The molecule has 0 aliphatic heterocycles. The van der Waals surface area contributed by atoms with E-state index in [1.54, 1.807) is 38.5 Å². The smallest absolute Gasteiger partial charge is 0.185 e. The molecule has 4 nitrogen and oxygen atoms in total. The van der Waals surface area contributed by atoms with Gasteiger partial charge in [-0.25, -0.2) is 0 Å². The SMILES string of the molecule is COc1ccc(-c2ccc(C=O)o2)c(OC)c1. The zero-order chi connectivity index (χ0) is 12.3. The molecule has 0 bridgehead atoms. The molecule has 0 unspecified atom stereocenters. The number of furan rings is 1. The van der Waals surface area contributed by atoms with E-state index in [0.29, 0.717) is 23.5 Å². The van der Waals surface area contributed by atoms with Crippen LogP contribution in [0.4, 0.5) is 0 Å². The Hall–Kier alpha value is -2.23. The molecule has 2 rings (SSSR count). The summed E-state index contributed by atoms with van der Waals surface area (Å²) in [6, 6.07) is 8.74. The highest BCUT2D eigenvalue weighted by Crippen LogP contribution is 2.33. The Balaban J connectivity index is 2.46. The van der Waals surface area contributed by atoms with Gasteiger partial charge in [0.1, 0.15) is 17.3 Å². The molecular formula is C13H12O4. The van der Waals surface area contributed by atoms with Crippen molar-refractivity contribution in [2.75, 3.05) is 14.2 Å². The highest BCUT2D eigenvalue weighted by Gasteiger charge is 2.11. The van der Waals surface area contributed by atoms with Gasteiger partial charge in [-0.2, -0.15) is 0 Å². The maximum absolute atomic E-state index is 10.6. The van der Waals surface area contributed by atoms with Crippen LogP contribution in [0.3, 0.4) is 0 Å². The third kappa shape index (κ3) is 2.15. The fourth-order valence-corrected chi connectivity index (χ4v) is 1.56. The number of ether oxygens (including phenoxy) is 2. The van der Waals surface area contributed by atoms with Crippen LogP contribution in [-0.4, -0.2) is 20.5 Å². The van der Waals surface area contributed by atoms with Crippen LogP contribution in [0.5, 0.6) is 11.5 Å². The minimum atomic E-state index is 0.290. The van der Waals surface area contributed by atoms with Crippen LogP contribution in [0, 0.1) is 0 Å². The predicted octanol–water partition coefficient (Wildman–Crippen LogP) is 2.78. The number of carbonyl (C=O) groups is 1. The second kappa shape index (κ2) is 4.74. The number of carbonyl (C=O) groups excluding carboxylic acids is 1. The van der Waals surface area contributed by atoms with Crippen LogP contribution in [0.15, 0.2) is 34.7 Å². The van der Waals surface area contributed by atoms with Crippen LogP contribution in [-0.2, 0) is 0 Å². The first-order valence-corrected chi connectivity index (χ1v) is 5.06. The molecule has 0 aliphatic rings. The van der Waals surface area contributed by atoms with E-state index in [9.17, 15) is 4.79 Å². The minimum Gasteiger partial charge on any atom is -0.497 e. The van der Waals surface area contributed by atoms with E-state index < -0.39 is 0 Å². The fourth-order valence-electron chi connectivity index (χ4n) is 1.56. The lowest BCUT2D eigenvalue weighted by molar-refractivity contribution is 0.110. The van der Waals surface area contributed by atoms with Crippen molar-refractivity contribution >= 4 is 6.29 Å². The molecule has 0 amide bonds. The lowest BCUT2D eigenvalue weighted by Crippen LogP contribution is -1.89. The number of aldehydes is 1. The molecule has 0 N–H and O–H groups in total. The van der Waals surface area contributed by atoms with Crippen LogP contribution in [0.2, 0.25) is 0 Å². The second-order valence-corrected chi connectivity index (χ2v) is 3.39. The Kier molecular flexibility index (Phi) is 3.14. The molecule has 0 saturated heterocycles. The van der Waals surface area contributed by atoms with E-state index in [0.717, 1.165) is 5.56 Å². The van der Waals surface area contributed by atoms with Crippen molar-refractivity contribution in [3.8, 4) is 22.8 Å². The average molecular weight is 232 g/mol. The summed E-state index contributed by atoms with van der Waals surface area (Å²) < 4.78 is 15.7. The molecule has 1 heterocycles. The summed E-state index contributed by atoms with van der Waals surface area (Å²) in [7, 11) is 3.16. The van der Waals surface area contributed by atoms with Gasteiger partial charge in [-0.05, 0) is 24.3 Å². The highest BCUT2D eigenvalue weighted by atomic mass is 16.5. The van der Waals surface area contributed by atoms with Gasteiger partial charge in [-0.15, -0.1) is 0 Å². The second-order valence-electron chi connectivity index (χ2n) is 3.39. The molecule has 2 aromatic rings. The van der Waals surface area contributed by atoms with Crippen molar-refractivity contribution < 1.29 is 18.7 Å². The van der Waals surface area contributed by atoms with Gasteiger partial charge in [0.2, 0.25) is 0 Å². The lowest BCUT2D eigenvalue weighted by atomic mass is 10.1. The van der Waals surface area contributed by atoms with E-state index in [2.05, 4.69) is 0 Å². The predicted molar refractivity (Wildman–Crippen MR) is 62.6 cm³/mol. The van der Waals surface area contributed by atoms with Crippen molar-refractivity contribution in [1.29, 1.82) is 0 Å². The Morgan fingerprint density at radius 1 is 1.12 bits per heavy atom. The minimum absolute atomic E-state index is 0.290.